The Kier molecular flexibility index (Phi) is 5.81. The van der Waals surface area contributed by atoms with E-state index in [1.807, 2.05) is 0 Å². The third-order valence-electron chi connectivity index (χ3n) is 4.60. The largest absolute Gasteiger partial charge is 0.497 e. The highest BCUT2D eigenvalue weighted by atomic mass is 32.1. The van der Waals surface area contributed by atoms with E-state index < -0.39 is 0 Å². The minimum Gasteiger partial charge on any atom is -0.497 e. The summed E-state index contributed by atoms with van der Waals surface area (Å²) in [5.74, 6) is 0.724. The number of amides is 1. The summed E-state index contributed by atoms with van der Waals surface area (Å²) in [5.41, 5.74) is 0.599. The Labute approximate surface area is 176 Å². The van der Waals surface area contributed by atoms with Gasteiger partial charge in [-0.2, -0.15) is 4.98 Å². The van der Waals surface area contributed by atoms with Gasteiger partial charge in [-0.3, -0.25) is 14.2 Å². The summed E-state index contributed by atoms with van der Waals surface area (Å²) in [6.45, 7) is 2.53. The Morgan fingerprint density at radius 1 is 1.20 bits per heavy atom. The quantitative estimate of drug-likeness (QED) is 0.623. The molecule has 3 aromatic rings. The van der Waals surface area contributed by atoms with Crippen LogP contribution in [-0.2, 0) is 16.1 Å². The number of hydrogen-bond acceptors (Lipinski definition) is 9. The number of nitrogens with one attached hydrogen (secondary N) is 1. The molecule has 1 amide bonds. The number of hydrogen-bond donors (Lipinski definition) is 1. The summed E-state index contributed by atoms with van der Waals surface area (Å²) in [6, 6.07) is 5.04. The van der Waals surface area contributed by atoms with E-state index in [0.29, 0.717) is 40.7 Å². The van der Waals surface area contributed by atoms with E-state index in [9.17, 15) is 9.59 Å². The van der Waals surface area contributed by atoms with E-state index in [4.69, 9.17) is 14.2 Å². The van der Waals surface area contributed by atoms with Gasteiger partial charge >= 0.3 is 0 Å². The molecule has 0 bridgehead atoms. The molecular weight excluding hydrogens is 410 g/mol. The van der Waals surface area contributed by atoms with Crippen LogP contribution in [0.15, 0.2) is 29.3 Å². The number of benzene rings is 1. The second kappa shape index (κ2) is 8.67. The van der Waals surface area contributed by atoms with Crippen molar-refractivity contribution in [2.24, 2.45) is 0 Å². The smallest absolute Gasteiger partial charge is 0.273 e. The fourth-order valence-electron chi connectivity index (χ4n) is 3.07. The minimum absolute atomic E-state index is 0.175. The molecule has 0 saturated carbocycles. The molecule has 0 atom stereocenters. The first kappa shape index (κ1) is 20.1. The van der Waals surface area contributed by atoms with E-state index in [-0.39, 0.29) is 18.0 Å². The Hall–Kier alpha value is -3.18. The van der Waals surface area contributed by atoms with Gasteiger partial charge in [0.15, 0.2) is 10.8 Å². The van der Waals surface area contributed by atoms with Crippen LogP contribution in [0.1, 0.15) is 0 Å². The number of thiazole rings is 1. The summed E-state index contributed by atoms with van der Waals surface area (Å²) in [6.07, 6.45) is 1.35. The molecule has 10 nitrogen and oxygen atoms in total. The van der Waals surface area contributed by atoms with Crippen LogP contribution in [0, 0.1) is 0 Å². The molecule has 1 N–H and O–H groups in total. The van der Waals surface area contributed by atoms with Crippen molar-refractivity contribution in [1.82, 2.24) is 14.5 Å². The standard InChI is InChI=1S/C19H21N5O5S/c1-27-13-7-12(8-14(9-13)28-2)21-15(25)10-24-11-20-17-16(18(24)26)30-19(22-17)23-3-5-29-6-4-23/h7-9,11H,3-6,10H2,1-2H3,(H,21,25). The van der Waals surface area contributed by atoms with Crippen LogP contribution in [0.2, 0.25) is 0 Å². The SMILES string of the molecule is COc1cc(NC(=O)Cn2cnc3nc(N4CCOCC4)sc3c2=O)cc(OC)c1. The van der Waals surface area contributed by atoms with E-state index >= 15 is 0 Å². The number of fused-ring (bicyclic) bond motifs is 1. The molecule has 0 radical (unpaired) electrons. The normalized spacial score (nSPS) is 14.0. The van der Waals surface area contributed by atoms with Crippen molar-refractivity contribution in [3.05, 3.63) is 34.9 Å². The topological polar surface area (TPSA) is 108 Å². The van der Waals surface area contributed by atoms with Gasteiger partial charge < -0.3 is 24.4 Å². The van der Waals surface area contributed by atoms with E-state index in [1.165, 1.54) is 36.5 Å². The lowest BCUT2D eigenvalue weighted by Gasteiger charge is -2.25. The van der Waals surface area contributed by atoms with Crippen molar-refractivity contribution in [2.45, 2.75) is 6.54 Å². The van der Waals surface area contributed by atoms with Crippen LogP contribution in [0.4, 0.5) is 10.8 Å². The van der Waals surface area contributed by atoms with Gasteiger partial charge in [-0.15, -0.1) is 0 Å². The highest BCUT2D eigenvalue weighted by molar-refractivity contribution is 7.22. The number of carbonyl (C=O) groups is 1. The van der Waals surface area contributed by atoms with Crippen LogP contribution in [0.25, 0.3) is 10.3 Å². The van der Waals surface area contributed by atoms with Crippen LogP contribution in [0.5, 0.6) is 11.5 Å². The molecule has 1 aliphatic rings. The summed E-state index contributed by atoms with van der Waals surface area (Å²) >= 11 is 1.28. The predicted molar refractivity (Wildman–Crippen MR) is 113 cm³/mol. The predicted octanol–water partition coefficient (Wildman–Crippen LogP) is 1.35. The van der Waals surface area contributed by atoms with Crippen molar-refractivity contribution in [3.63, 3.8) is 0 Å². The molecule has 0 unspecified atom stereocenters. The molecule has 0 aliphatic carbocycles. The highest BCUT2D eigenvalue weighted by Crippen LogP contribution is 2.27. The number of ether oxygens (including phenoxy) is 3. The minimum atomic E-state index is -0.369. The zero-order valence-electron chi connectivity index (χ0n) is 16.6. The number of morpholine rings is 1. The molecule has 30 heavy (non-hydrogen) atoms. The monoisotopic (exact) mass is 431 g/mol. The molecule has 1 aromatic carbocycles. The van der Waals surface area contributed by atoms with Crippen molar-refractivity contribution in [1.29, 1.82) is 0 Å². The molecule has 0 spiro atoms. The Morgan fingerprint density at radius 3 is 2.57 bits per heavy atom. The molecule has 11 heteroatoms. The second-order valence-corrected chi connectivity index (χ2v) is 7.55. The summed E-state index contributed by atoms with van der Waals surface area (Å²) < 4.78 is 17.5. The first-order chi connectivity index (χ1) is 14.6. The van der Waals surface area contributed by atoms with Gasteiger partial charge in [0.1, 0.15) is 29.1 Å². The first-order valence-electron chi connectivity index (χ1n) is 9.29. The number of rotatable bonds is 6. The van der Waals surface area contributed by atoms with Crippen molar-refractivity contribution in [2.75, 3.05) is 50.7 Å². The average Bonchev–Trinajstić information content (AvgIpc) is 3.21. The fourth-order valence-corrected chi connectivity index (χ4v) is 4.09. The number of carbonyl (C=O) groups excluding carboxylic acids is 1. The van der Waals surface area contributed by atoms with Gasteiger partial charge in [0.05, 0.1) is 27.4 Å². The van der Waals surface area contributed by atoms with E-state index in [2.05, 4.69) is 20.2 Å². The average molecular weight is 431 g/mol. The maximum atomic E-state index is 12.8. The van der Waals surface area contributed by atoms with Gasteiger partial charge in [-0.1, -0.05) is 11.3 Å². The van der Waals surface area contributed by atoms with Crippen LogP contribution in [0.3, 0.4) is 0 Å². The number of anilines is 2. The second-order valence-electron chi connectivity index (χ2n) is 6.58. The molecule has 1 fully saturated rings. The zero-order chi connectivity index (χ0) is 21.1. The van der Waals surface area contributed by atoms with E-state index in [0.717, 1.165) is 18.2 Å². The number of aromatic nitrogens is 3. The Bertz CT molecular complexity index is 1100. The number of nitrogens with zero attached hydrogens (tertiary/aromatic N) is 4. The fraction of sp³-hybridized carbons (Fsp3) is 0.368. The van der Waals surface area contributed by atoms with Crippen molar-refractivity contribution < 1.29 is 19.0 Å². The third-order valence-corrected chi connectivity index (χ3v) is 5.70. The first-order valence-corrected chi connectivity index (χ1v) is 10.1. The Morgan fingerprint density at radius 2 is 1.90 bits per heavy atom. The Balaban J connectivity index is 1.53. The lowest BCUT2D eigenvalue weighted by atomic mass is 10.2. The number of methoxy groups -OCH3 is 2. The van der Waals surface area contributed by atoms with Gasteiger partial charge in [-0.25, -0.2) is 4.98 Å². The van der Waals surface area contributed by atoms with Gasteiger partial charge in [-0.05, 0) is 0 Å². The third kappa shape index (κ3) is 4.21. The van der Waals surface area contributed by atoms with Crippen molar-refractivity contribution in [3.8, 4) is 11.5 Å². The summed E-state index contributed by atoms with van der Waals surface area (Å²) in [5, 5.41) is 3.49. The lowest BCUT2D eigenvalue weighted by Crippen LogP contribution is -2.36. The zero-order valence-corrected chi connectivity index (χ0v) is 17.4. The summed E-state index contributed by atoms with van der Waals surface area (Å²) in [7, 11) is 3.06. The van der Waals surface area contributed by atoms with Gasteiger partial charge in [0, 0.05) is 37.0 Å². The summed E-state index contributed by atoms with van der Waals surface area (Å²) in [4.78, 5) is 36.1. The van der Waals surface area contributed by atoms with Crippen molar-refractivity contribution >= 4 is 38.4 Å². The molecule has 4 rings (SSSR count). The maximum Gasteiger partial charge on any atom is 0.273 e. The van der Waals surface area contributed by atoms with E-state index in [1.54, 1.807) is 18.2 Å². The molecule has 1 saturated heterocycles. The molecule has 1 aliphatic heterocycles. The lowest BCUT2D eigenvalue weighted by molar-refractivity contribution is -0.116. The van der Waals surface area contributed by atoms with Crippen LogP contribution in [-0.4, -0.2) is 61.0 Å². The maximum absolute atomic E-state index is 12.8. The molecule has 2 aromatic heterocycles. The highest BCUT2D eigenvalue weighted by Gasteiger charge is 2.18. The molecule has 3 heterocycles. The van der Waals surface area contributed by atoms with Gasteiger partial charge in [0.2, 0.25) is 5.91 Å². The van der Waals surface area contributed by atoms with Crippen LogP contribution < -0.4 is 25.2 Å². The van der Waals surface area contributed by atoms with Crippen LogP contribution >= 0.6 is 11.3 Å². The molecule has 158 valence electrons. The molecular formula is C19H21N5O5S. The van der Waals surface area contributed by atoms with Gasteiger partial charge in [0.25, 0.3) is 5.56 Å².